The number of esters is 2. The molecular formula is C57H137BrN8O16. The summed E-state index contributed by atoms with van der Waals surface area (Å²) in [6.07, 6.45) is 3.77. The number of fused-ring (bicyclic) bond motifs is 1. The number of rotatable bonds is 15. The first kappa shape index (κ1) is 55.2. The van der Waals surface area contributed by atoms with E-state index in [4.69, 9.17) is 97.4 Å². The van der Waals surface area contributed by atoms with Crippen LogP contribution in [0.2, 0.25) is 0 Å². The largest absolute Gasteiger partial charge is 0.465 e. The lowest BCUT2D eigenvalue weighted by Gasteiger charge is -2.26. The Morgan fingerprint density at radius 3 is 1.54 bits per heavy atom. The number of benzene rings is 1. The van der Waals surface area contributed by atoms with E-state index in [9.17, 15) is 33.6 Å². The van der Waals surface area contributed by atoms with Crippen LogP contribution in [0.15, 0.2) is 68.3 Å². The second kappa shape index (κ2) is 43.7. The van der Waals surface area contributed by atoms with Gasteiger partial charge in [-0.1, -0.05) is 64.5 Å². The maximum absolute atomic E-state index is 12.2. The fourth-order valence-electron chi connectivity index (χ4n) is 6.64. The van der Waals surface area contributed by atoms with Gasteiger partial charge in [0.05, 0.1) is 32.4 Å². The summed E-state index contributed by atoms with van der Waals surface area (Å²) in [6, 6.07) is 10.4. The molecule has 0 saturated carbocycles. The molecule has 82 heavy (non-hydrogen) atoms. The van der Waals surface area contributed by atoms with E-state index in [1.165, 1.54) is 21.4 Å². The molecule has 0 radical (unpaired) electrons. The highest BCUT2D eigenvalue weighted by molar-refractivity contribution is 9.09. The summed E-state index contributed by atoms with van der Waals surface area (Å²) in [5.41, 5.74) is 9.83. The van der Waals surface area contributed by atoms with Gasteiger partial charge in [-0.3, -0.25) is 24.2 Å². The predicted molar refractivity (Wildman–Crippen MR) is 358 cm³/mol. The van der Waals surface area contributed by atoms with E-state index in [1.54, 1.807) is 77.3 Å². The summed E-state index contributed by atoms with van der Waals surface area (Å²) in [6.45, 7) is 43.2. The highest BCUT2D eigenvalue weighted by Crippen LogP contribution is 2.31. The average Bonchev–Trinajstić information content (AvgIpc) is 1.65. The number of amides is 4. The van der Waals surface area contributed by atoms with Crippen LogP contribution in [0.1, 0.15) is 153 Å². The van der Waals surface area contributed by atoms with Gasteiger partial charge in [-0.25, -0.2) is 19.2 Å². The van der Waals surface area contributed by atoms with Crippen LogP contribution in [0.4, 0.5) is 19.2 Å². The van der Waals surface area contributed by atoms with Gasteiger partial charge < -0.3 is 70.5 Å². The first-order chi connectivity index (χ1) is 53.7. The van der Waals surface area contributed by atoms with Crippen molar-refractivity contribution in [1.29, 1.82) is 0 Å². The number of aldehydes is 1. The minimum absolute atomic E-state index is 0. The van der Waals surface area contributed by atoms with Crippen molar-refractivity contribution in [2.75, 3.05) is 90.7 Å². The molecule has 0 aliphatic carbocycles. The summed E-state index contributed by atoms with van der Waals surface area (Å²) in [5.74, 6) is -0.323. The van der Waals surface area contributed by atoms with Crippen LogP contribution in [0.25, 0.3) is 0 Å². The minimum Gasteiger partial charge on any atom is -0.465 e. The molecule has 0 bridgehead atoms. The number of halogens is 1. The van der Waals surface area contributed by atoms with Gasteiger partial charge in [0.25, 0.3) is 0 Å². The van der Waals surface area contributed by atoms with Crippen molar-refractivity contribution in [2.24, 2.45) is 23.3 Å². The van der Waals surface area contributed by atoms with Crippen molar-refractivity contribution in [3.63, 3.8) is 0 Å². The Hall–Kier alpha value is -5.96. The Balaban J connectivity index is -0.0000000434. The molecule has 1 aromatic carbocycles. The average molecular weight is 1300 g/mol. The Bertz CT molecular complexity index is 2100. The van der Waals surface area contributed by atoms with Gasteiger partial charge in [0.2, 0.25) is 0 Å². The molecule has 508 valence electrons. The monoisotopic (exact) mass is 1300 g/mol. The number of hydrogen-bond donors (Lipinski definition) is 4. The summed E-state index contributed by atoms with van der Waals surface area (Å²) in [4.78, 5) is 98.4. The van der Waals surface area contributed by atoms with Gasteiger partial charge >= 0.3 is 36.3 Å². The number of carbonyl (C=O) groups excluding carboxylic acids is 8. The number of nitrogens with two attached hydrogens (primary N) is 2. The Kier molecular flexibility index (Phi) is 29.4. The summed E-state index contributed by atoms with van der Waals surface area (Å²) < 4.78 is 190. The molecule has 25 heteroatoms. The predicted octanol–water partition coefficient (Wildman–Crippen LogP) is 11.9. The van der Waals surface area contributed by atoms with E-state index in [2.05, 4.69) is 52.5 Å². The lowest BCUT2D eigenvalue weighted by Crippen LogP contribution is -2.40. The zero-order valence-corrected chi connectivity index (χ0v) is 53.1. The topological polar surface area (TPSA) is 325 Å². The second-order valence-corrected chi connectivity index (χ2v) is 22.4. The SMILES string of the molecule is C=CCN.C=CCN(CC(=O)OCC)C(=O)OC(C)(C)C.C=CCN(CC=O)C(=O)OC(C)(C)C.C=O.CC(C)(C)OC(=O)N1CC(N)C(CO)C1.CC(C)(C)OC(=O)N1CC2CON(Cc3ccccc3)C2C1.CCOC(=O)CBr.N.[2HH].[2HH].[2H][2H].[2H][2H].[2H][2H].[2H][2H].[2H][2H].[2H][2H].[2H][2H].[2H][2H].[2H][2H].[2H][2H].[2H][2H].[2H][2H].[2H][2H].[2H][2H].[2H][2H].[2H][2H]. The van der Waals surface area contributed by atoms with Gasteiger partial charge in [0.15, 0.2) is 0 Å². The number of likely N-dealkylation sites (tertiary alicyclic amines) is 2. The van der Waals surface area contributed by atoms with Crippen molar-refractivity contribution in [2.45, 2.75) is 138 Å². The highest BCUT2D eigenvalue weighted by atomic mass is 79.9. The highest BCUT2D eigenvalue weighted by Gasteiger charge is 2.45. The summed E-state index contributed by atoms with van der Waals surface area (Å²) in [7, 11) is 0. The molecule has 4 unspecified atom stereocenters. The van der Waals surface area contributed by atoms with Gasteiger partial charge in [0, 0.05) is 127 Å². The number of aliphatic hydroxyl groups excluding tert-OH is 1. The zero-order chi connectivity index (χ0) is 95.2. The van der Waals surface area contributed by atoms with Crippen LogP contribution in [-0.4, -0.2) is 204 Å². The Morgan fingerprint density at radius 2 is 1.16 bits per heavy atom. The molecule has 3 heterocycles. The number of nitrogens with zero attached hydrogens (tertiary/aromatic N) is 5. The normalized spacial score (nSPS) is 18.3. The molecule has 4 rings (SSSR count). The smallest absolute Gasteiger partial charge is 0.411 e. The van der Waals surface area contributed by atoms with E-state index in [-0.39, 0.29) is 78.0 Å². The van der Waals surface area contributed by atoms with E-state index in [0.717, 1.165) is 6.54 Å². The van der Waals surface area contributed by atoms with E-state index < -0.39 is 40.6 Å². The number of aliphatic hydroxyl groups is 1. The number of hydrogen-bond acceptors (Lipinski definition) is 20. The van der Waals surface area contributed by atoms with Gasteiger partial charge in [-0.15, -0.1) is 19.7 Å². The standard InChI is InChI=1S/C17H24N2O3.C12H21NO4.C10H20N2O3.C10H17NO3.C4H7BrO2.C3H7N.CH2O.H3N.18H2/c1-17(2,3)22-16(20)18-10-14-12-21-19(15(14)11-18)9-13-7-5-4-6-8-13;1-6-8-13(9-10(14)16-7-2)11(15)17-12(3,4)5;1-10(2,3)15-9(14)12-4-7(6-13)8(11)5-12;1-5-6-11(7-8-12)9(13)14-10(2,3)4;1-2-7-4(6)3-5;1-2-3-4;1-2;;;;;;;;;;;;;;;;;;;/h4-8,14-15H,9-12H2,1-3H3;6H,1,7-9H2,2-5H3;7-8,13H,4-6,11H2,1-3H3;5,8H,1,6-7H2,2-4H3;2-3H2,1H3;2H,1,3-4H2;1H2;1H3;18*1H/i;;;;;;;;16*1+1D;2*1+1. The first-order valence-corrected chi connectivity index (χ1v) is 27.6. The third-order valence-corrected chi connectivity index (χ3v) is 10.4. The van der Waals surface area contributed by atoms with Crippen LogP contribution >= 0.6 is 15.9 Å². The molecule has 4 amide bonds. The molecule has 3 aliphatic heterocycles. The molecule has 24 nitrogen and oxygen atoms in total. The number of hydroxylamine groups is 2. The fraction of sp³-hybridized carbons (Fsp3) is 0.649. The number of alkyl halides is 1. The van der Waals surface area contributed by atoms with Crippen molar-refractivity contribution in [1.82, 2.24) is 30.8 Å². The van der Waals surface area contributed by atoms with E-state index in [1.807, 2.05) is 71.6 Å². The van der Waals surface area contributed by atoms with Crippen molar-refractivity contribution in [3.8, 4) is 0 Å². The van der Waals surface area contributed by atoms with Gasteiger partial charge in [0.1, 0.15) is 47.4 Å². The number of ether oxygens (including phenoxy) is 6. The molecule has 1 aromatic rings. The van der Waals surface area contributed by atoms with Crippen LogP contribution in [0, 0.1) is 11.8 Å². The molecule has 3 saturated heterocycles. The van der Waals surface area contributed by atoms with E-state index >= 15 is 0 Å². The van der Waals surface area contributed by atoms with Crippen LogP contribution < -0.4 is 17.6 Å². The zero-order valence-electron chi connectivity index (χ0n) is 83.5. The maximum atomic E-state index is 12.2. The van der Waals surface area contributed by atoms with Gasteiger partial charge in [-0.05, 0) is 102 Å². The van der Waals surface area contributed by atoms with Crippen molar-refractivity contribution < 1.29 is 127 Å². The molecule has 3 fully saturated rings. The van der Waals surface area contributed by atoms with Crippen LogP contribution in [-0.2, 0) is 59.0 Å². The van der Waals surface area contributed by atoms with Gasteiger partial charge in [-0.2, -0.15) is 5.06 Å². The molecule has 0 spiro atoms. The third-order valence-electron chi connectivity index (χ3n) is 9.95. The molecule has 8 N–H and O–H groups in total. The van der Waals surface area contributed by atoms with E-state index in [0.29, 0.717) is 70.0 Å². The lowest BCUT2D eigenvalue weighted by molar-refractivity contribution is -0.144. The second-order valence-electron chi connectivity index (χ2n) is 21.8. The van der Waals surface area contributed by atoms with Crippen molar-refractivity contribution >= 4 is 65.3 Å². The van der Waals surface area contributed by atoms with Crippen LogP contribution in [0.3, 0.4) is 0 Å². The molecule has 0 aromatic heterocycles. The summed E-state index contributed by atoms with van der Waals surface area (Å²) >= 11 is 2.94. The molecule has 4 atom stereocenters. The fourth-order valence-corrected chi connectivity index (χ4v) is 6.80. The third kappa shape index (κ3) is 40.3. The molecular weight excluding hydrogens is 1130 g/mol. The number of carbonyl (C=O) groups is 8. The molecule has 3 aliphatic rings. The van der Waals surface area contributed by atoms with Crippen LogP contribution in [0.5, 0.6) is 0 Å². The Morgan fingerprint density at radius 1 is 0.720 bits per heavy atom. The minimum atomic E-state index is -0.592. The van der Waals surface area contributed by atoms with Crippen molar-refractivity contribution in [3.05, 3.63) is 73.9 Å². The first-order valence-electron chi connectivity index (χ1n) is 42.5. The maximum Gasteiger partial charge on any atom is 0.411 e. The lowest BCUT2D eigenvalue weighted by atomic mass is 10.1. The quantitative estimate of drug-likeness (QED) is 0.0417. The Labute approximate surface area is 549 Å². The summed E-state index contributed by atoms with van der Waals surface area (Å²) in [5, 5.41) is 11.3.